The Labute approximate surface area is 186 Å². The molecule has 158 valence electrons. The van der Waals surface area contributed by atoms with Gasteiger partial charge in [-0.2, -0.15) is 15.5 Å². The number of aryl methyl sites for hydroxylation is 1. The van der Waals surface area contributed by atoms with Crippen LogP contribution in [0.3, 0.4) is 0 Å². The minimum absolute atomic E-state index is 0.143. The maximum Gasteiger partial charge on any atom is 0.251 e. The van der Waals surface area contributed by atoms with Crippen LogP contribution >= 0.6 is 0 Å². The van der Waals surface area contributed by atoms with Gasteiger partial charge in [0, 0.05) is 41.8 Å². The largest absolute Gasteiger partial charge is 0.352 e. The van der Waals surface area contributed by atoms with Crippen LogP contribution in [0.25, 0.3) is 5.69 Å². The first-order chi connectivity index (χ1) is 15.7. The number of nitrogens with zero attached hydrogens (tertiary/aromatic N) is 4. The molecule has 0 saturated carbocycles. The average molecular weight is 422 g/mol. The van der Waals surface area contributed by atoms with Gasteiger partial charge in [0.1, 0.15) is 0 Å². The van der Waals surface area contributed by atoms with Gasteiger partial charge >= 0.3 is 0 Å². The summed E-state index contributed by atoms with van der Waals surface area (Å²) >= 11 is 0. The van der Waals surface area contributed by atoms with Crippen molar-refractivity contribution in [3.8, 4) is 23.6 Å². The smallest absolute Gasteiger partial charge is 0.251 e. The zero-order valence-corrected chi connectivity index (χ0v) is 17.5. The Balaban J connectivity index is 1.52. The minimum Gasteiger partial charge on any atom is -0.352 e. The summed E-state index contributed by atoms with van der Waals surface area (Å²) in [4.78, 5) is 12.7. The summed E-state index contributed by atoms with van der Waals surface area (Å²) in [6.45, 7) is 0.570. The highest BCUT2D eigenvalue weighted by atomic mass is 16.1. The Hall–Kier alpha value is -4.36. The van der Waals surface area contributed by atoms with Crippen molar-refractivity contribution in [3.05, 3.63) is 89.0 Å². The molecule has 7 nitrogen and oxygen atoms in total. The van der Waals surface area contributed by atoms with E-state index in [0.29, 0.717) is 17.7 Å². The Morgan fingerprint density at radius 3 is 3.03 bits per heavy atom. The predicted molar refractivity (Wildman–Crippen MR) is 121 cm³/mol. The van der Waals surface area contributed by atoms with E-state index in [1.807, 2.05) is 36.7 Å². The second-order valence-electron chi connectivity index (χ2n) is 7.38. The van der Waals surface area contributed by atoms with Gasteiger partial charge in [-0.15, -0.1) is 0 Å². The number of hydrogen-bond donors (Lipinski definition) is 2. The van der Waals surface area contributed by atoms with Crippen LogP contribution in [-0.4, -0.2) is 32.4 Å². The molecular formula is C25H22N6O. The molecule has 0 bridgehead atoms. The molecule has 0 spiro atoms. The van der Waals surface area contributed by atoms with Gasteiger partial charge in [-0.25, -0.2) is 4.68 Å². The molecule has 1 aromatic carbocycles. The fraction of sp³-hybridized carbons (Fsp3) is 0.200. The van der Waals surface area contributed by atoms with Gasteiger partial charge in [0.2, 0.25) is 0 Å². The van der Waals surface area contributed by atoms with Crippen molar-refractivity contribution >= 4 is 5.91 Å². The van der Waals surface area contributed by atoms with E-state index < -0.39 is 0 Å². The lowest BCUT2D eigenvalue weighted by Gasteiger charge is -2.09. The summed E-state index contributed by atoms with van der Waals surface area (Å²) in [5.74, 6) is 6.17. The number of nitriles is 1. The fourth-order valence-corrected chi connectivity index (χ4v) is 3.42. The van der Waals surface area contributed by atoms with E-state index in [1.54, 1.807) is 29.2 Å². The van der Waals surface area contributed by atoms with Crippen molar-refractivity contribution < 1.29 is 4.79 Å². The molecule has 0 radical (unpaired) electrons. The number of amides is 1. The standard InChI is InChI=1S/C25H22N6O/c26-16-20-5-1-4-19(14-20)7-8-22-15-23(9-10-24(22)31-13-3-12-30-31)25(32)27-11-2-6-21-17-28-29-18-21/h3-4,9-10,12-15,17-18H,1-2,5-6,11H2,(H,27,32)(H,28,29). The molecule has 0 unspecified atom stereocenters. The molecule has 2 aromatic heterocycles. The van der Waals surface area contributed by atoms with E-state index >= 15 is 0 Å². The van der Waals surface area contributed by atoms with Gasteiger partial charge < -0.3 is 5.32 Å². The summed E-state index contributed by atoms with van der Waals surface area (Å²) in [6.07, 6.45) is 14.2. The third kappa shape index (κ3) is 5.21. The van der Waals surface area contributed by atoms with E-state index in [4.69, 9.17) is 5.26 Å². The zero-order chi connectivity index (χ0) is 22.2. The van der Waals surface area contributed by atoms with Crippen LogP contribution < -0.4 is 5.32 Å². The number of rotatable bonds is 6. The monoisotopic (exact) mass is 422 g/mol. The molecule has 1 amide bonds. The maximum absolute atomic E-state index is 12.7. The Kier molecular flexibility index (Phi) is 6.60. The van der Waals surface area contributed by atoms with E-state index in [2.05, 4.69) is 38.5 Å². The second kappa shape index (κ2) is 10.1. The maximum atomic E-state index is 12.7. The summed E-state index contributed by atoms with van der Waals surface area (Å²) in [5.41, 5.74) is 4.68. The number of nitrogens with one attached hydrogen (secondary N) is 2. The molecule has 1 aliphatic rings. The summed E-state index contributed by atoms with van der Waals surface area (Å²) in [5, 5.41) is 23.1. The Morgan fingerprint density at radius 2 is 2.25 bits per heavy atom. The lowest BCUT2D eigenvalue weighted by atomic mass is 10.00. The fourth-order valence-electron chi connectivity index (χ4n) is 3.42. The van der Waals surface area contributed by atoms with Gasteiger partial charge in [-0.3, -0.25) is 9.89 Å². The molecule has 2 N–H and O–H groups in total. The first kappa shape index (κ1) is 20.9. The topological polar surface area (TPSA) is 99.4 Å². The summed E-state index contributed by atoms with van der Waals surface area (Å²) in [7, 11) is 0. The van der Waals surface area contributed by atoms with Crippen LogP contribution in [0.2, 0.25) is 0 Å². The molecule has 3 aromatic rings. The number of aromatic amines is 1. The zero-order valence-electron chi connectivity index (χ0n) is 17.5. The molecule has 0 saturated heterocycles. The number of carbonyl (C=O) groups excluding carboxylic acids is 1. The van der Waals surface area contributed by atoms with Gasteiger partial charge in [-0.1, -0.05) is 17.9 Å². The van der Waals surface area contributed by atoms with Gasteiger partial charge in [0.05, 0.1) is 23.5 Å². The molecule has 7 heteroatoms. The van der Waals surface area contributed by atoms with E-state index in [0.717, 1.165) is 48.1 Å². The number of aromatic nitrogens is 4. The molecule has 4 rings (SSSR count). The highest BCUT2D eigenvalue weighted by molar-refractivity contribution is 5.95. The minimum atomic E-state index is -0.143. The van der Waals surface area contributed by atoms with Crippen molar-refractivity contribution in [3.63, 3.8) is 0 Å². The number of benzene rings is 1. The van der Waals surface area contributed by atoms with Crippen molar-refractivity contribution in [1.29, 1.82) is 5.26 Å². The van der Waals surface area contributed by atoms with Crippen molar-refractivity contribution in [2.24, 2.45) is 0 Å². The average Bonchev–Trinajstić information content (AvgIpc) is 3.55. The number of H-pyrrole nitrogens is 1. The van der Waals surface area contributed by atoms with Crippen LogP contribution in [-0.2, 0) is 6.42 Å². The third-order valence-corrected chi connectivity index (χ3v) is 5.09. The molecule has 32 heavy (non-hydrogen) atoms. The normalized spacial score (nSPS) is 12.7. The quantitative estimate of drug-likeness (QED) is 0.469. The number of carbonyl (C=O) groups is 1. The molecule has 2 heterocycles. The first-order valence-corrected chi connectivity index (χ1v) is 10.5. The lowest BCUT2D eigenvalue weighted by Crippen LogP contribution is -2.25. The van der Waals surface area contributed by atoms with Crippen LogP contribution in [0.5, 0.6) is 0 Å². The van der Waals surface area contributed by atoms with Gasteiger partial charge in [0.25, 0.3) is 5.91 Å². The van der Waals surface area contributed by atoms with Crippen LogP contribution in [0.4, 0.5) is 0 Å². The second-order valence-corrected chi connectivity index (χ2v) is 7.38. The summed E-state index contributed by atoms with van der Waals surface area (Å²) in [6, 6.07) is 9.45. The Bertz CT molecular complexity index is 1250. The highest BCUT2D eigenvalue weighted by Crippen LogP contribution is 2.18. The third-order valence-electron chi connectivity index (χ3n) is 5.09. The van der Waals surface area contributed by atoms with Gasteiger partial charge in [0.15, 0.2) is 0 Å². The van der Waals surface area contributed by atoms with Crippen molar-refractivity contribution in [1.82, 2.24) is 25.3 Å². The van der Waals surface area contributed by atoms with Crippen LogP contribution in [0.15, 0.2) is 72.4 Å². The number of hydrogen-bond acceptors (Lipinski definition) is 4. The predicted octanol–water partition coefficient (Wildman–Crippen LogP) is 3.48. The van der Waals surface area contributed by atoms with Crippen molar-refractivity contribution in [2.75, 3.05) is 6.54 Å². The van der Waals surface area contributed by atoms with E-state index in [9.17, 15) is 4.79 Å². The Morgan fingerprint density at radius 1 is 1.31 bits per heavy atom. The summed E-state index contributed by atoms with van der Waals surface area (Å²) < 4.78 is 1.72. The van der Waals surface area contributed by atoms with E-state index in [-0.39, 0.29) is 5.91 Å². The van der Waals surface area contributed by atoms with Gasteiger partial charge in [-0.05, 0) is 61.6 Å². The lowest BCUT2D eigenvalue weighted by molar-refractivity contribution is 0.0953. The van der Waals surface area contributed by atoms with E-state index in [1.165, 1.54) is 0 Å². The number of allylic oxidation sites excluding steroid dienone is 4. The van der Waals surface area contributed by atoms with Crippen molar-refractivity contribution in [2.45, 2.75) is 25.7 Å². The molecule has 1 aliphatic carbocycles. The molecular weight excluding hydrogens is 400 g/mol. The molecule has 0 atom stereocenters. The van der Waals surface area contributed by atoms with Crippen LogP contribution in [0, 0.1) is 23.2 Å². The molecule has 0 fully saturated rings. The van der Waals surface area contributed by atoms with Crippen LogP contribution in [0.1, 0.15) is 40.7 Å². The highest BCUT2D eigenvalue weighted by Gasteiger charge is 2.11. The SMILES string of the molecule is N#CC1=CC(C#Cc2cc(C(=O)NCCCc3cn[nH]c3)ccc2-n2cccn2)=CCC1. The molecule has 0 aliphatic heterocycles. The first-order valence-electron chi connectivity index (χ1n) is 10.5.